The Morgan fingerprint density at radius 3 is 2.57 bits per heavy atom. The molecular weight excluding hydrogens is 353 g/mol. The molecule has 1 amide bonds. The van der Waals surface area contributed by atoms with Crippen molar-refractivity contribution < 1.29 is 4.79 Å². The minimum atomic E-state index is -0.359. The molecule has 1 atom stereocenters. The third-order valence-corrected chi connectivity index (χ3v) is 5.00. The van der Waals surface area contributed by atoms with Crippen LogP contribution in [0.5, 0.6) is 0 Å². The second-order valence-electron chi connectivity index (χ2n) is 5.58. The third-order valence-electron chi connectivity index (χ3n) is 3.99. The molecule has 1 unspecified atom stereocenters. The lowest BCUT2D eigenvalue weighted by molar-refractivity contribution is -0.134. The summed E-state index contributed by atoms with van der Waals surface area (Å²) in [6, 6.07) is 7.56. The predicted molar refractivity (Wildman–Crippen MR) is 102 cm³/mol. The maximum atomic E-state index is 12.3. The summed E-state index contributed by atoms with van der Waals surface area (Å²) in [5.74, 6) is 1.02. The van der Waals surface area contributed by atoms with Crippen LogP contribution in [0.4, 0.5) is 0 Å². The first-order chi connectivity index (χ1) is 10.6. The van der Waals surface area contributed by atoms with Crippen LogP contribution in [0.2, 0.25) is 5.02 Å². The standard InChI is InChI=1S/C16H24ClN3OS.ClH/c1-22-11-6-15(18)16(21)20-9-7-19(8-10-20)12-13-4-2-3-5-14(13)17;/h2-5,15H,6-12,18H2,1H3;1H. The lowest BCUT2D eigenvalue weighted by atomic mass is 10.1. The summed E-state index contributed by atoms with van der Waals surface area (Å²) >= 11 is 7.93. The van der Waals surface area contributed by atoms with Crippen molar-refractivity contribution in [3.05, 3.63) is 34.9 Å². The molecule has 4 nitrogen and oxygen atoms in total. The van der Waals surface area contributed by atoms with Gasteiger partial charge < -0.3 is 10.6 Å². The Bertz CT molecular complexity index is 496. The molecule has 1 heterocycles. The first kappa shape index (κ1) is 20.6. The minimum Gasteiger partial charge on any atom is -0.339 e. The first-order valence-electron chi connectivity index (χ1n) is 7.61. The molecule has 0 aromatic heterocycles. The molecule has 0 spiro atoms. The van der Waals surface area contributed by atoms with E-state index in [-0.39, 0.29) is 24.4 Å². The van der Waals surface area contributed by atoms with E-state index in [0.29, 0.717) is 0 Å². The maximum absolute atomic E-state index is 12.3. The van der Waals surface area contributed by atoms with Crippen molar-refractivity contribution in [3.8, 4) is 0 Å². The maximum Gasteiger partial charge on any atom is 0.239 e. The van der Waals surface area contributed by atoms with Gasteiger partial charge in [0.25, 0.3) is 0 Å². The van der Waals surface area contributed by atoms with E-state index in [9.17, 15) is 4.79 Å². The van der Waals surface area contributed by atoms with Gasteiger partial charge in [-0.2, -0.15) is 11.8 Å². The van der Waals surface area contributed by atoms with Crippen LogP contribution in [0.25, 0.3) is 0 Å². The molecule has 0 radical (unpaired) electrons. The number of rotatable bonds is 6. The zero-order valence-electron chi connectivity index (χ0n) is 13.4. The SMILES string of the molecule is CSCCC(N)C(=O)N1CCN(Cc2ccccc2Cl)CC1.Cl. The van der Waals surface area contributed by atoms with E-state index in [0.717, 1.165) is 55.5 Å². The number of amides is 1. The topological polar surface area (TPSA) is 49.6 Å². The summed E-state index contributed by atoms with van der Waals surface area (Å²) in [5.41, 5.74) is 7.12. The molecule has 1 aliphatic heterocycles. The number of thioether (sulfide) groups is 1. The second kappa shape index (κ2) is 10.4. The first-order valence-corrected chi connectivity index (χ1v) is 9.38. The van der Waals surface area contributed by atoms with Crippen LogP contribution in [-0.2, 0) is 11.3 Å². The van der Waals surface area contributed by atoms with Crippen LogP contribution < -0.4 is 5.73 Å². The van der Waals surface area contributed by atoms with Gasteiger partial charge in [0.2, 0.25) is 5.91 Å². The van der Waals surface area contributed by atoms with Crippen molar-refractivity contribution >= 4 is 41.7 Å². The molecule has 1 saturated heterocycles. The van der Waals surface area contributed by atoms with Gasteiger partial charge in [-0.3, -0.25) is 9.69 Å². The largest absolute Gasteiger partial charge is 0.339 e. The number of hydrogen-bond donors (Lipinski definition) is 1. The molecule has 130 valence electrons. The van der Waals surface area contributed by atoms with Crippen LogP contribution in [0.3, 0.4) is 0 Å². The monoisotopic (exact) mass is 377 g/mol. The van der Waals surface area contributed by atoms with E-state index >= 15 is 0 Å². The van der Waals surface area contributed by atoms with Gasteiger partial charge in [-0.05, 0) is 30.1 Å². The third kappa shape index (κ3) is 6.16. The van der Waals surface area contributed by atoms with Crippen molar-refractivity contribution in [3.63, 3.8) is 0 Å². The molecule has 1 aliphatic rings. The second-order valence-corrected chi connectivity index (χ2v) is 6.97. The molecule has 23 heavy (non-hydrogen) atoms. The Morgan fingerprint density at radius 2 is 1.96 bits per heavy atom. The van der Waals surface area contributed by atoms with Crippen molar-refractivity contribution in [1.82, 2.24) is 9.80 Å². The number of piperazine rings is 1. The lowest BCUT2D eigenvalue weighted by Crippen LogP contribution is -2.53. The molecule has 0 bridgehead atoms. The van der Waals surface area contributed by atoms with E-state index in [1.54, 1.807) is 11.8 Å². The van der Waals surface area contributed by atoms with E-state index in [1.165, 1.54) is 0 Å². The molecule has 0 saturated carbocycles. The highest BCUT2D eigenvalue weighted by molar-refractivity contribution is 7.98. The average Bonchev–Trinajstić information content (AvgIpc) is 2.55. The van der Waals surface area contributed by atoms with Crippen LogP contribution in [-0.4, -0.2) is 59.9 Å². The minimum absolute atomic E-state index is 0. The zero-order chi connectivity index (χ0) is 15.9. The number of hydrogen-bond acceptors (Lipinski definition) is 4. The van der Waals surface area contributed by atoms with Gasteiger partial charge >= 0.3 is 0 Å². The van der Waals surface area contributed by atoms with E-state index in [4.69, 9.17) is 17.3 Å². The van der Waals surface area contributed by atoms with Crippen molar-refractivity contribution in [2.75, 3.05) is 38.2 Å². The van der Waals surface area contributed by atoms with E-state index in [2.05, 4.69) is 11.0 Å². The smallest absolute Gasteiger partial charge is 0.239 e. The summed E-state index contributed by atoms with van der Waals surface area (Å²) in [6.45, 7) is 4.06. The molecule has 1 aromatic carbocycles. The average molecular weight is 378 g/mol. The number of halogens is 2. The number of carbonyl (C=O) groups is 1. The molecule has 0 aliphatic carbocycles. The van der Waals surface area contributed by atoms with Gasteiger partial charge in [0.05, 0.1) is 6.04 Å². The van der Waals surface area contributed by atoms with Gasteiger partial charge in [0.1, 0.15) is 0 Å². The van der Waals surface area contributed by atoms with Crippen LogP contribution in [0.15, 0.2) is 24.3 Å². The fraction of sp³-hybridized carbons (Fsp3) is 0.562. The highest BCUT2D eigenvalue weighted by Crippen LogP contribution is 2.18. The molecule has 1 fully saturated rings. The van der Waals surface area contributed by atoms with Crippen molar-refractivity contribution in [2.24, 2.45) is 5.73 Å². The predicted octanol–water partition coefficient (Wildman–Crippen LogP) is 2.49. The fourth-order valence-corrected chi connectivity index (χ4v) is 3.28. The number of nitrogens with two attached hydrogens (primary N) is 1. The van der Waals surface area contributed by atoms with Crippen LogP contribution in [0, 0.1) is 0 Å². The highest BCUT2D eigenvalue weighted by atomic mass is 35.5. The van der Waals surface area contributed by atoms with Gasteiger partial charge in [0, 0.05) is 37.7 Å². The molecule has 1 aromatic rings. The van der Waals surface area contributed by atoms with Crippen LogP contribution >= 0.6 is 35.8 Å². The Morgan fingerprint density at radius 1 is 1.30 bits per heavy atom. The van der Waals surface area contributed by atoms with Gasteiger partial charge in [-0.15, -0.1) is 12.4 Å². The summed E-state index contributed by atoms with van der Waals surface area (Å²) in [4.78, 5) is 16.5. The van der Waals surface area contributed by atoms with Gasteiger partial charge in [0.15, 0.2) is 0 Å². The summed E-state index contributed by atoms with van der Waals surface area (Å²) in [6.07, 6.45) is 2.78. The zero-order valence-corrected chi connectivity index (χ0v) is 15.8. The molecular formula is C16H25Cl2N3OS. The summed E-state index contributed by atoms with van der Waals surface area (Å²) in [5, 5.41) is 0.806. The molecule has 7 heteroatoms. The number of benzene rings is 1. The van der Waals surface area contributed by atoms with Crippen LogP contribution in [0.1, 0.15) is 12.0 Å². The Labute approximate surface area is 154 Å². The number of nitrogens with zero attached hydrogens (tertiary/aromatic N) is 2. The number of carbonyl (C=O) groups excluding carboxylic acids is 1. The Kier molecular flexibility index (Phi) is 9.32. The van der Waals surface area contributed by atoms with Gasteiger partial charge in [-0.1, -0.05) is 29.8 Å². The van der Waals surface area contributed by atoms with Crippen molar-refractivity contribution in [2.45, 2.75) is 19.0 Å². The van der Waals surface area contributed by atoms with Crippen molar-refractivity contribution in [1.29, 1.82) is 0 Å². The fourth-order valence-electron chi connectivity index (χ4n) is 2.60. The Hall–Kier alpha value is -0.460. The summed E-state index contributed by atoms with van der Waals surface area (Å²) < 4.78 is 0. The quantitative estimate of drug-likeness (QED) is 0.826. The van der Waals surface area contributed by atoms with E-state index in [1.807, 2.05) is 29.4 Å². The van der Waals surface area contributed by atoms with E-state index < -0.39 is 0 Å². The van der Waals surface area contributed by atoms with Gasteiger partial charge in [-0.25, -0.2) is 0 Å². The Balaban J connectivity index is 0.00000264. The normalized spacial score (nSPS) is 16.7. The highest BCUT2D eigenvalue weighted by Gasteiger charge is 2.25. The molecule has 2 N–H and O–H groups in total. The summed E-state index contributed by atoms with van der Waals surface area (Å²) in [7, 11) is 0. The molecule has 2 rings (SSSR count). The lowest BCUT2D eigenvalue weighted by Gasteiger charge is -2.36.